The Bertz CT molecular complexity index is 423. The molecule has 1 aromatic carbocycles. The molecule has 0 bridgehead atoms. The molecular formula is C9H8N2O2. The summed E-state index contributed by atoms with van der Waals surface area (Å²) in [7, 11) is 0. The Kier molecular flexibility index (Phi) is 1.66. The van der Waals surface area contributed by atoms with Gasteiger partial charge < -0.3 is 15.4 Å². The third kappa shape index (κ3) is 1.22. The van der Waals surface area contributed by atoms with Crippen LogP contribution >= 0.6 is 0 Å². The number of nitrogens with two attached hydrogens (primary N) is 1. The summed E-state index contributed by atoms with van der Waals surface area (Å²) >= 11 is 0. The van der Waals surface area contributed by atoms with E-state index in [-0.39, 0.29) is 11.6 Å². The average Bonchev–Trinajstić information content (AvgIpc) is 2.52. The summed E-state index contributed by atoms with van der Waals surface area (Å²) in [6.45, 7) is 0. The van der Waals surface area contributed by atoms with Gasteiger partial charge in [0, 0.05) is 5.56 Å². The highest BCUT2D eigenvalue weighted by Gasteiger charge is 2.09. The van der Waals surface area contributed by atoms with Gasteiger partial charge in [-0.25, -0.2) is 0 Å². The Labute approximate surface area is 74.6 Å². The Morgan fingerprint density at radius 2 is 2.00 bits per heavy atom. The number of hydrogen-bond donors (Lipinski definition) is 2. The van der Waals surface area contributed by atoms with Crippen molar-refractivity contribution in [2.45, 2.75) is 0 Å². The maximum absolute atomic E-state index is 9.48. The average molecular weight is 176 g/mol. The fraction of sp³-hybridized carbons (Fsp3) is 0. The Hall–Kier alpha value is -1.97. The molecule has 0 unspecified atom stereocenters. The molecule has 2 rings (SSSR count). The van der Waals surface area contributed by atoms with Crippen LogP contribution in [0.5, 0.6) is 5.75 Å². The van der Waals surface area contributed by atoms with E-state index in [0.717, 1.165) is 0 Å². The predicted molar refractivity (Wildman–Crippen MR) is 48.0 cm³/mol. The summed E-state index contributed by atoms with van der Waals surface area (Å²) in [6.07, 6.45) is 1.48. The van der Waals surface area contributed by atoms with Crippen molar-refractivity contribution in [1.29, 1.82) is 0 Å². The molecule has 13 heavy (non-hydrogen) atoms. The Morgan fingerprint density at radius 3 is 2.62 bits per heavy atom. The van der Waals surface area contributed by atoms with Crippen LogP contribution in [0.2, 0.25) is 0 Å². The minimum Gasteiger partial charge on any atom is -0.507 e. The second kappa shape index (κ2) is 2.82. The third-order valence-corrected chi connectivity index (χ3v) is 1.79. The van der Waals surface area contributed by atoms with E-state index in [0.29, 0.717) is 11.1 Å². The first-order valence-corrected chi connectivity index (χ1v) is 3.77. The van der Waals surface area contributed by atoms with Gasteiger partial charge in [0.1, 0.15) is 5.75 Å². The molecule has 4 heteroatoms. The van der Waals surface area contributed by atoms with E-state index in [4.69, 9.17) is 10.3 Å². The van der Waals surface area contributed by atoms with E-state index >= 15 is 0 Å². The van der Waals surface area contributed by atoms with Gasteiger partial charge in [-0.15, -0.1) is 0 Å². The summed E-state index contributed by atoms with van der Waals surface area (Å²) in [5.41, 5.74) is 6.74. The molecule has 0 fully saturated rings. The first kappa shape index (κ1) is 7.67. The molecule has 3 N–H and O–H groups in total. The van der Waals surface area contributed by atoms with E-state index in [9.17, 15) is 5.11 Å². The lowest BCUT2D eigenvalue weighted by Gasteiger charge is -1.99. The Morgan fingerprint density at radius 1 is 1.23 bits per heavy atom. The molecule has 0 aliphatic rings. The highest BCUT2D eigenvalue weighted by atomic mass is 16.5. The monoisotopic (exact) mass is 176 g/mol. The predicted octanol–water partition coefficient (Wildman–Crippen LogP) is 1.63. The number of phenolic OH excluding ortho intramolecular Hbond substituents is 1. The molecule has 2 aromatic rings. The second-order valence-electron chi connectivity index (χ2n) is 2.62. The van der Waals surface area contributed by atoms with E-state index in [1.54, 1.807) is 18.2 Å². The van der Waals surface area contributed by atoms with Crippen molar-refractivity contribution in [2.75, 3.05) is 5.73 Å². The molecule has 0 radical (unpaired) electrons. The molecular weight excluding hydrogens is 168 g/mol. The van der Waals surface area contributed by atoms with E-state index < -0.39 is 0 Å². The number of nitrogens with zero attached hydrogens (tertiary/aromatic N) is 1. The van der Waals surface area contributed by atoms with Crippen molar-refractivity contribution in [2.24, 2.45) is 0 Å². The van der Waals surface area contributed by atoms with Crippen molar-refractivity contribution in [3.8, 4) is 16.9 Å². The van der Waals surface area contributed by atoms with Crippen LogP contribution in [0.4, 0.5) is 5.88 Å². The van der Waals surface area contributed by atoms with Crippen LogP contribution in [0.25, 0.3) is 11.1 Å². The maximum Gasteiger partial charge on any atom is 0.230 e. The number of para-hydroxylation sites is 1. The highest BCUT2D eigenvalue weighted by molar-refractivity contribution is 5.76. The molecule has 0 aliphatic carbocycles. The van der Waals surface area contributed by atoms with E-state index in [1.165, 1.54) is 6.20 Å². The molecule has 0 aliphatic heterocycles. The molecule has 4 nitrogen and oxygen atoms in total. The summed E-state index contributed by atoms with van der Waals surface area (Å²) in [4.78, 5) is 0. The number of rotatable bonds is 1. The maximum atomic E-state index is 9.48. The van der Waals surface area contributed by atoms with Crippen molar-refractivity contribution in [3.63, 3.8) is 0 Å². The summed E-state index contributed by atoms with van der Waals surface area (Å²) in [5, 5.41) is 13.0. The fourth-order valence-electron chi connectivity index (χ4n) is 1.15. The molecule has 1 aromatic heterocycles. The van der Waals surface area contributed by atoms with Gasteiger partial charge >= 0.3 is 0 Å². The lowest BCUT2D eigenvalue weighted by atomic mass is 10.1. The van der Waals surface area contributed by atoms with Crippen LogP contribution in [0, 0.1) is 0 Å². The zero-order valence-electron chi connectivity index (χ0n) is 6.77. The smallest absolute Gasteiger partial charge is 0.230 e. The number of benzene rings is 1. The molecule has 0 saturated heterocycles. The summed E-state index contributed by atoms with van der Waals surface area (Å²) in [5.74, 6) is 0.374. The summed E-state index contributed by atoms with van der Waals surface area (Å²) in [6, 6.07) is 6.88. The number of nitrogen functional groups attached to an aromatic ring is 1. The SMILES string of the molecule is Nc1oncc1-c1ccccc1O. The first-order valence-electron chi connectivity index (χ1n) is 3.77. The lowest BCUT2D eigenvalue weighted by molar-refractivity contribution is 0.436. The van der Waals surface area contributed by atoms with Crippen LogP contribution in [-0.2, 0) is 0 Å². The van der Waals surface area contributed by atoms with Gasteiger partial charge in [0.05, 0.1) is 11.8 Å². The van der Waals surface area contributed by atoms with Crippen LogP contribution in [0.3, 0.4) is 0 Å². The zero-order valence-corrected chi connectivity index (χ0v) is 6.77. The number of aromatic hydroxyl groups is 1. The topological polar surface area (TPSA) is 72.3 Å². The standard InChI is InChI=1S/C9H8N2O2/c10-9-7(5-11-13-9)6-3-1-2-4-8(6)12/h1-5,12H,10H2. The number of anilines is 1. The molecule has 0 spiro atoms. The number of aromatic nitrogens is 1. The minimum atomic E-state index is 0.164. The van der Waals surface area contributed by atoms with E-state index in [2.05, 4.69) is 5.16 Å². The van der Waals surface area contributed by atoms with E-state index in [1.807, 2.05) is 6.07 Å². The lowest BCUT2D eigenvalue weighted by Crippen LogP contribution is -1.84. The van der Waals surface area contributed by atoms with Crippen molar-refractivity contribution < 1.29 is 9.63 Å². The molecule has 0 saturated carbocycles. The number of phenols is 1. The van der Waals surface area contributed by atoms with Crippen LogP contribution in [-0.4, -0.2) is 10.3 Å². The largest absolute Gasteiger partial charge is 0.507 e. The second-order valence-corrected chi connectivity index (χ2v) is 2.62. The van der Waals surface area contributed by atoms with Gasteiger partial charge in [0.15, 0.2) is 0 Å². The summed E-state index contributed by atoms with van der Waals surface area (Å²) < 4.78 is 4.69. The zero-order chi connectivity index (χ0) is 9.26. The van der Waals surface area contributed by atoms with Crippen molar-refractivity contribution >= 4 is 5.88 Å². The van der Waals surface area contributed by atoms with Crippen molar-refractivity contribution in [1.82, 2.24) is 5.16 Å². The van der Waals surface area contributed by atoms with Gasteiger partial charge in [0.2, 0.25) is 5.88 Å². The van der Waals surface area contributed by atoms with Crippen molar-refractivity contribution in [3.05, 3.63) is 30.5 Å². The molecule has 0 atom stereocenters. The van der Waals surface area contributed by atoms with Crippen LogP contribution in [0.15, 0.2) is 35.0 Å². The quantitative estimate of drug-likeness (QED) is 0.692. The molecule has 0 amide bonds. The van der Waals surface area contributed by atoms with Crippen LogP contribution in [0.1, 0.15) is 0 Å². The van der Waals surface area contributed by atoms with Gasteiger partial charge in [-0.3, -0.25) is 0 Å². The molecule has 1 heterocycles. The molecule has 66 valence electrons. The highest BCUT2D eigenvalue weighted by Crippen LogP contribution is 2.32. The van der Waals surface area contributed by atoms with Gasteiger partial charge in [-0.1, -0.05) is 23.4 Å². The van der Waals surface area contributed by atoms with Gasteiger partial charge in [0.25, 0.3) is 0 Å². The third-order valence-electron chi connectivity index (χ3n) is 1.79. The fourth-order valence-corrected chi connectivity index (χ4v) is 1.15. The van der Waals surface area contributed by atoms with Gasteiger partial charge in [-0.2, -0.15) is 0 Å². The normalized spacial score (nSPS) is 10.2. The van der Waals surface area contributed by atoms with Gasteiger partial charge in [-0.05, 0) is 6.07 Å². The Balaban J connectivity index is 2.59. The van der Waals surface area contributed by atoms with Crippen LogP contribution < -0.4 is 5.73 Å². The number of hydrogen-bond acceptors (Lipinski definition) is 4. The minimum absolute atomic E-state index is 0.164. The first-order chi connectivity index (χ1) is 6.29.